The first-order valence-corrected chi connectivity index (χ1v) is 12.0. The number of sulfonamides is 1. The maximum atomic E-state index is 13.3. The highest BCUT2D eigenvalue weighted by atomic mass is 32.2. The molecule has 0 N–H and O–H groups in total. The molecule has 0 aromatic heterocycles. The number of hydrogen-bond acceptors (Lipinski definition) is 3. The Hall–Kier alpha value is -2.39. The molecule has 5 nitrogen and oxygen atoms in total. The Labute approximate surface area is 186 Å². The maximum Gasteiger partial charge on any atom is 0.417 e. The average molecular weight is 469 g/mol. The lowest BCUT2D eigenvalue weighted by atomic mass is 9.95. The smallest absolute Gasteiger partial charge is 0.336 e. The second-order valence-corrected chi connectivity index (χ2v) is 10.1. The predicted octanol–water partition coefficient (Wildman–Crippen LogP) is 4.54. The number of alkyl halides is 3. The normalized spacial score (nSPS) is 16.3. The van der Waals surface area contributed by atoms with Crippen LogP contribution in [0.1, 0.15) is 37.8 Å². The molecule has 1 saturated heterocycles. The Balaban J connectivity index is 1.72. The van der Waals surface area contributed by atoms with Gasteiger partial charge in [-0.15, -0.1) is 0 Å². The van der Waals surface area contributed by atoms with Crippen LogP contribution < -0.4 is 0 Å². The molecule has 2 aromatic rings. The van der Waals surface area contributed by atoms with Gasteiger partial charge in [-0.2, -0.15) is 17.5 Å². The Bertz CT molecular complexity index is 1030. The van der Waals surface area contributed by atoms with Crippen molar-refractivity contribution < 1.29 is 26.4 Å². The average Bonchev–Trinajstić information content (AvgIpc) is 2.77. The fourth-order valence-electron chi connectivity index (χ4n) is 3.94. The van der Waals surface area contributed by atoms with Crippen molar-refractivity contribution in [3.8, 4) is 0 Å². The molecule has 1 fully saturated rings. The first-order valence-electron chi connectivity index (χ1n) is 10.5. The van der Waals surface area contributed by atoms with Crippen LogP contribution in [0.15, 0.2) is 59.5 Å². The fourth-order valence-corrected chi connectivity index (χ4v) is 5.62. The lowest BCUT2D eigenvalue weighted by Gasteiger charge is -2.35. The molecule has 1 heterocycles. The van der Waals surface area contributed by atoms with Crippen LogP contribution in [-0.2, 0) is 27.5 Å². The summed E-state index contributed by atoms with van der Waals surface area (Å²) in [5.74, 6) is -0.429. The summed E-state index contributed by atoms with van der Waals surface area (Å²) < 4.78 is 66.9. The van der Waals surface area contributed by atoms with Crippen molar-refractivity contribution in [1.29, 1.82) is 0 Å². The first-order chi connectivity index (χ1) is 15.0. The van der Waals surface area contributed by atoms with E-state index >= 15 is 0 Å². The molecule has 1 amide bonds. The molecule has 0 unspecified atom stereocenters. The largest absolute Gasteiger partial charge is 0.417 e. The van der Waals surface area contributed by atoms with Crippen LogP contribution in [0.5, 0.6) is 0 Å². The van der Waals surface area contributed by atoms with Crippen molar-refractivity contribution >= 4 is 15.9 Å². The van der Waals surface area contributed by atoms with Gasteiger partial charge in [-0.05, 0) is 44.4 Å². The SMILES string of the molecule is CC(C)N(Cc1ccccc1)C(=O)C1CCN(S(=O)(=O)c2ccccc2C(F)(F)F)CC1. The highest BCUT2D eigenvalue weighted by Crippen LogP contribution is 2.36. The number of halogens is 3. The van der Waals surface area contributed by atoms with Gasteiger partial charge in [-0.3, -0.25) is 4.79 Å². The summed E-state index contributed by atoms with van der Waals surface area (Å²) in [7, 11) is -4.32. The molecule has 0 radical (unpaired) electrons. The molecular formula is C23H27F3N2O3S. The molecule has 0 bridgehead atoms. The van der Waals surface area contributed by atoms with Crippen molar-refractivity contribution in [2.45, 2.75) is 50.3 Å². The lowest BCUT2D eigenvalue weighted by molar-refractivity contribution is -0.140. The molecule has 1 aliphatic heterocycles. The number of hydrogen-bond donors (Lipinski definition) is 0. The molecule has 1 aliphatic rings. The minimum absolute atomic E-state index is 0.00219. The molecule has 0 saturated carbocycles. The Morgan fingerprint density at radius 3 is 2.16 bits per heavy atom. The van der Waals surface area contributed by atoms with Crippen molar-refractivity contribution in [1.82, 2.24) is 9.21 Å². The van der Waals surface area contributed by atoms with E-state index in [4.69, 9.17) is 0 Å². The number of piperidine rings is 1. The summed E-state index contributed by atoms with van der Waals surface area (Å²) in [5.41, 5.74) is -0.176. The van der Waals surface area contributed by atoms with Gasteiger partial charge in [0, 0.05) is 31.6 Å². The van der Waals surface area contributed by atoms with Crippen LogP contribution >= 0.6 is 0 Å². The van der Waals surface area contributed by atoms with E-state index in [0.717, 1.165) is 22.0 Å². The van der Waals surface area contributed by atoms with Crippen LogP contribution in [0.3, 0.4) is 0 Å². The first kappa shape index (κ1) is 24.3. The van der Waals surface area contributed by atoms with E-state index < -0.39 is 26.7 Å². The number of amides is 1. The second-order valence-electron chi connectivity index (χ2n) is 8.22. The van der Waals surface area contributed by atoms with Gasteiger partial charge < -0.3 is 4.90 Å². The molecule has 0 spiro atoms. The van der Waals surface area contributed by atoms with Crippen LogP contribution in [0, 0.1) is 5.92 Å². The standard InChI is InChI=1S/C23H27F3N2O3S/c1-17(2)28(16-18-8-4-3-5-9-18)22(29)19-12-14-27(15-13-19)32(30,31)21-11-7-6-10-20(21)23(24,25)26/h3-11,17,19H,12-16H2,1-2H3. The van der Waals surface area contributed by atoms with E-state index in [0.29, 0.717) is 6.54 Å². The monoisotopic (exact) mass is 468 g/mol. The Kier molecular flexibility index (Phi) is 7.29. The number of rotatable bonds is 6. The Morgan fingerprint density at radius 1 is 1.03 bits per heavy atom. The van der Waals surface area contributed by atoms with Crippen molar-refractivity contribution in [2.75, 3.05) is 13.1 Å². The van der Waals surface area contributed by atoms with Gasteiger partial charge >= 0.3 is 6.18 Å². The van der Waals surface area contributed by atoms with Gasteiger partial charge in [0.2, 0.25) is 15.9 Å². The molecule has 2 aromatic carbocycles. The highest BCUT2D eigenvalue weighted by Gasteiger charge is 2.40. The van der Waals surface area contributed by atoms with Gasteiger partial charge in [-0.1, -0.05) is 42.5 Å². The molecule has 0 aliphatic carbocycles. The number of carbonyl (C=O) groups is 1. The van der Waals surface area contributed by atoms with Gasteiger partial charge in [0.1, 0.15) is 0 Å². The summed E-state index contributed by atoms with van der Waals surface area (Å²) in [5, 5.41) is 0. The summed E-state index contributed by atoms with van der Waals surface area (Å²) in [6.45, 7) is 4.31. The third-order valence-corrected chi connectivity index (χ3v) is 7.67. The van der Waals surface area contributed by atoms with Crippen molar-refractivity contribution in [2.24, 2.45) is 5.92 Å². The third kappa shape index (κ3) is 5.32. The molecule has 3 rings (SSSR count). The highest BCUT2D eigenvalue weighted by molar-refractivity contribution is 7.89. The molecule has 9 heteroatoms. The fraction of sp³-hybridized carbons (Fsp3) is 0.435. The molecule has 32 heavy (non-hydrogen) atoms. The minimum Gasteiger partial charge on any atom is -0.336 e. The number of nitrogens with zero attached hydrogens (tertiary/aromatic N) is 2. The molecular weight excluding hydrogens is 441 g/mol. The summed E-state index contributed by atoms with van der Waals surface area (Å²) in [4.78, 5) is 14.2. The lowest BCUT2D eigenvalue weighted by Crippen LogP contribution is -2.46. The van der Waals surface area contributed by atoms with E-state index in [1.54, 1.807) is 4.90 Å². The topological polar surface area (TPSA) is 57.7 Å². The van der Waals surface area contributed by atoms with E-state index in [9.17, 15) is 26.4 Å². The summed E-state index contributed by atoms with van der Waals surface area (Å²) in [6, 6.07) is 13.7. The van der Waals surface area contributed by atoms with E-state index in [2.05, 4.69) is 0 Å². The molecule has 174 valence electrons. The Morgan fingerprint density at radius 2 is 1.59 bits per heavy atom. The second kappa shape index (κ2) is 9.62. The zero-order valence-electron chi connectivity index (χ0n) is 18.0. The predicted molar refractivity (Wildman–Crippen MR) is 115 cm³/mol. The van der Waals surface area contributed by atoms with E-state index in [1.165, 1.54) is 12.1 Å². The summed E-state index contributed by atoms with van der Waals surface area (Å²) >= 11 is 0. The van der Waals surface area contributed by atoms with E-state index in [-0.39, 0.29) is 43.8 Å². The van der Waals surface area contributed by atoms with Gasteiger partial charge in [-0.25, -0.2) is 8.42 Å². The third-order valence-electron chi connectivity index (χ3n) is 5.72. The van der Waals surface area contributed by atoms with Crippen LogP contribution in [0.2, 0.25) is 0 Å². The van der Waals surface area contributed by atoms with Crippen LogP contribution in [0.4, 0.5) is 13.2 Å². The van der Waals surface area contributed by atoms with Crippen LogP contribution in [0.25, 0.3) is 0 Å². The van der Waals surface area contributed by atoms with Crippen LogP contribution in [-0.4, -0.2) is 42.7 Å². The van der Waals surface area contributed by atoms with Gasteiger partial charge in [0.15, 0.2) is 0 Å². The zero-order chi connectivity index (χ0) is 23.5. The molecule has 0 atom stereocenters. The van der Waals surface area contributed by atoms with E-state index in [1.807, 2.05) is 44.2 Å². The zero-order valence-corrected chi connectivity index (χ0v) is 18.9. The van der Waals surface area contributed by atoms with Gasteiger partial charge in [0.05, 0.1) is 10.5 Å². The van der Waals surface area contributed by atoms with Crippen molar-refractivity contribution in [3.63, 3.8) is 0 Å². The number of benzene rings is 2. The maximum absolute atomic E-state index is 13.3. The number of carbonyl (C=O) groups excluding carboxylic acids is 1. The van der Waals surface area contributed by atoms with Gasteiger partial charge in [0.25, 0.3) is 0 Å². The quantitative estimate of drug-likeness (QED) is 0.625. The summed E-state index contributed by atoms with van der Waals surface area (Å²) in [6.07, 6.45) is -4.23. The van der Waals surface area contributed by atoms with Crippen molar-refractivity contribution in [3.05, 3.63) is 65.7 Å². The minimum atomic E-state index is -4.77.